The average molecular weight is 243 g/mol. The van der Waals surface area contributed by atoms with Crippen LogP contribution in [0, 0.1) is 5.92 Å². The third kappa shape index (κ3) is 9.12. The molecule has 0 heterocycles. The number of nitrogens with one attached hydrogen (secondary N) is 2. The number of carbonyl (C=O) groups excluding carboxylic acids is 1. The summed E-state index contributed by atoms with van der Waals surface area (Å²) >= 11 is 0. The van der Waals surface area contributed by atoms with E-state index in [2.05, 4.69) is 43.2 Å². The third-order valence-electron chi connectivity index (χ3n) is 2.62. The molecule has 0 aromatic heterocycles. The fourth-order valence-electron chi connectivity index (χ4n) is 1.57. The minimum absolute atomic E-state index is 0.138. The number of hydrogen-bond acceptors (Lipinski definition) is 3. The summed E-state index contributed by atoms with van der Waals surface area (Å²) in [4.78, 5) is 13.9. The third-order valence-corrected chi connectivity index (χ3v) is 2.62. The highest BCUT2D eigenvalue weighted by Gasteiger charge is 2.16. The maximum absolute atomic E-state index is 11.8. The van der Waals surface area contributed by atoms with Crippen molar-refractivity contribution in [2.75, 3.05) is 27.2 Å². The van der Waals surface area contributed by atoms with Gasteiger partial charge in [0.1, 0.15) is 0 Å². The molecule has 0 aliphatic carbocycles. The van der Waals surface area contributed by atoms with Crippen LogP contribution in [-0.2, 0) is 4.79 Å². The summed E-state index contributed by atoms with van der Waals surface area (Å²) in [7, 11) is 4.06. The van der Waals surface area contributed by atoms with E-state index in [-0.39, 0.29) is 11.9 Å². The van der Waals surface area contributed by atoms with Crippen LogP contribution in [0.25, 0.3) is 0 Å². The fraction of sp³-hybridized carbons (Fsp3) is 0.923. The van der Waals surface area contributed by atoms with Gasteiger partial charge in [-0.1, -0.05) is 27.7 Å². The average Bonchev–Trinajstić information content (AvgIpc) is 2.15. The SMILES string of the molecule is CC(C)NCCC(=O)NC(CN(C)C)C(C)C. The molecule has 0 aromatic carbocycles. The lowest BCUT2D eigenvalue weighted by Crippen LogP contribution is -2.45. The van der Waals surface area contributed by atoms with E-state index < -0.39 is 0 Å². The molecule has 4 nitrogen and oxygen atoms in total. The van der Waals surface area contributed by atoms with Gasteiger partial charge in [-0.05, 0) is 20.0 Å². The van der Waals surface area contributed by atoms with Crippen molar-refractivity contribution in [1.82, 2.24) is 15.5 Å². The van der Waals surface area contributed by atoms with Crippen LogP contribution >= 0.6 is 0 Å². The van der Waals surface area contributed by atoms with Crippen LogP contribution in [0.15, 0.2) is 0 Å². The Balaban J connectivity index is 3.95. The Kier molecular flexibility index (Phi) is 8.17. The second kappa shape index (κ2) is 8.48. The smallest absolute Gasteiger partial charge is 0.221 e. The molecular formula is C13H29N3O. The van der Waals surface area contributed by atoms with Gasteiger partial charge in [0.2, 0.25) is 5.91 Å². The lowest BCUT2D eigenvalue weighted by molar-refractivity contribution is -0.122. The van der Waals surface area contributed by atoms with E-state index >= 15 is 0 Å². The molecule has 0 saturated heterocycles. The lowest BCUT2D eigenvalue weighted by Gasteiger charge is -2.25. The highest BCUT2D eigenvalue weighted by Crippen LogP contribution is 2.02. The van der Waals surface area contributed by atoms with Gasteiger partial charge >= 0.3 is 0 Å². The number of hydrogen-bond donors (Lipinski definition) is 2. The van der Waals surface area contributed by atoms with Gasteiger partial charge in [-0.25, -0.2) is 0 Å². The summed E-state index contributed by atoms with van der Waals surface area (Å²) in [6.45, 7) is 10.1. The molecular weight excluding hydrogens is 214 g/mol. The van der Waals surface area contributed by atoms with Crippen LogP contribution in [0.3, 0.4) is 0 Å². The van der Waals surface area contributed by atoms with Crippen molar-refractivity contribution in [3.8, 4) is 0 Å². The van der Waals surface area contributed by atoms with E-state index in [0.717, 1.165) is 13.1 Å². The van der Waals surface area contributed by atoms with Gasteiger partial charge in [0.15, 0.2) is 0 Å². The Morgan fingerprint density at radius 2 is 1.76 bits per heavy atom. The van der Waals surface area contributed by atoms with Gasteiger partial charge in [-0.3, -0.25) is 4.79 Å². The van der Waals surface area contributed by atoms with E-state index in [0.29, 0.717) is 18.4 Å². The van der Waals surface area contributed by atoms with E-state index in [4.69, 9.17) is 0 Å². The van der Waals surface area contributed by atoms with Crippen LogP contribution in [0.4, 0.5) is 0 Å². The fourth-order valence-corrected chi connectivity index (χ4v) is 1.57. The van der Waals surface area contributed by atoms with Crippen molar-refractivity contribution in [2.45, 2.75) is 46.2 Å². The molecule has 4 heteroatoms. The maximum atomic E-state index is 11.8. The van der Waals surface area contributed by atoms with Gasteiger partial charge < -0.3 is 15.5 Å². The molecule has 1 amide bonds. The minimum atomic E-state index is 0.138. The van der Waals surface area contributed by atoms with E-state index in [1.165, 1.54) is 0 Å². The van der Waals surface area contributed by atoms with Crippen molar-refractivity contribution in [2.24, 2.45) is 5.92 Å². The molecule has 0 rings (SSSR count). The first-order chi connectivity index (χ1) is 7.82. The Morgan fingerprint density at radius 1 is 1.18 bits per heavy atom. The molecule has 0 aliphatic heterocycles. The molecule has 0 fully saturated rings. The van der Waals surface area contributed by atoms with Crippen LogP contribution in [0.2, 0.25) is 0 Å². The summed E-state index contributed by atoms with van der Waals surface area (Å²) in [6.07, 6.45) is 0.550. The highest BCUT2D eigenvalue weighted by molar-refractivity contribution is 5.76. The Bertz CT molecular complexity index is 215. The standard InChI is InChI=1S/C13H29N3O/c1-10(2)12(9-16(5)6)15-13(17)7-8-14-11(3)4/h10-12,14H,7-9H2,1-6H3,(H,15,17). The van der Waals surface area contributed by atoms with Gasteiger partial charge in [0.25, 0.3) is 0 Å². The topological polar surface area (TPSA) is 44.4 Å². The van der Waals surface area contributed by atoms with Crippen molar-refractivity contribution in [3.63, 3.8) is 0 Å². The molecule has 0 radical (unpaired) electrons. The Morgan fingerprint density at radius 3 is 2.18 bits per heavy atom. The monoisotopic (exact) mass is 243 g/mol. The largest absolute Gasteiger partial charge is 0.352 e. The Hall–Kier alpha value is -0.610. The Labute approximate surface area is 106 Å². The molecule has 0 aromatic rings. The molecule has 0 saturated carbocycles. The number of amides is 1. The zero-order chi connectivity index (χ0) is 13.4. The highest BCUT2D eigenvalue weighted by atomic mass is 16.1. The minimum Gasteiger partial charge on any atom is -0.352 e. The van der Waals surface area contributed by atoms with Crippen LogP contribution in [0.1, 0.15) is 34.1 Å². The first kappa shape index (κ1) is 16.4. The summed E-state index contributed by atoms with van der Waals surface area (Å²) < 4.78 is 0. The van der Waals surface area contributed by atoms with Crippen LogP contribution in [-0.4, -0.2) is 50.1 Å². The van der Waals surface area contributed by atoms with Gasteiger partial charge in [-0.15, -0.1) is 0 Å². The number of carbonyl (C=O) groups is 1. The van der Waals surface area contributed by atoms with E-state index in [9.17, 15) is 4.79 Å². The summed E-state index contributed by atoms with van der Waals surface area (Å²) in [6, 6.07) is 0.669. The van der Waals surface area contributed by atoms with Crippen molar-refractivity contribution < 1.29 is 4.79 Å². The van der Waals surface area contributed by atoms with Crippen molar-refractivity contribution in [1.29, 1.82) is 0 Å². The molecule has 0 bridgehead atoms. The van der Waals surface area contributed by atoms with Crippen molar-refractivity contribution in [3.05, 3.63) is 0 Å². The molecule has 17 heavy (non-hydrogen) atoms. The predicted octanol–water partition coefficient (Wildman–Crippen LogP) is 1.08. The second-order valence-corrected chi connectivity index (χ2v) is 5.54. The lowest BCUT2D eigenvalue weighted by atomic mass is 10.0. The molecule has 102 valence electrons. The second-order valence-electron chi connectivity index (χ2n) is 5.54. The molecule has 1 atom stereocenters. The van der Waals surface area contributed by atoms with Crippen LogP contribution < -0.4 is 10.6 Å². The van der Waals surface area contributed by atoms with Crippen molar-refractivity contribution >= 4 is 5.91 Å². The maximum Gasteiger partial charge on any atom is 0.221 e. The summed E-state index contributed by atoms with van der Waals surface area (Å²) in [5.41, 5.74) is 0. The molecule has 1 unspecified atom stereocenters. The molecule has 0 spiro atoms. The van der Waals surface area contributed by atoms with Gasteiger partial charge in [0.05, 0.1) is 0 Å². The first-order valence-corrected chi connectivity index (χ1v) is 6.50. The summed E-state index contributed by atoms with van der Waals surface area (Å²) in [5.74, 6) is 0.595. The zero-order valence-corrected chi connectivity index (χ0v) is 12.2. The number of rotatable bonds is 8. The number of likely N-dealkylation sites (N-methyl/N-ethyl adjacent to an activating group) is 1. The van der Waals surface area contributed by atoms with E-state index in [1.807, 2.05) is 14.1 Å². The first-order valence-electron chi connectivity index (χ1n) is 6.50. The van der Waals surface area contributed by atoms with Gasteiger partial charge in [-0.2, -0.15) is 0 Å². The molecule has 2 N–H and O–H groups in total. The zero-order valence-electron chi connectivity index (χ0n) is 12.2. The number of nitrogens with zero attached hydrogens (tertiary/aromatic N) is 1. The summed E-state index contributed by atoms with van der Waals surface area (Å²) in [5, 5.41) is 6.35. The van der Waals surface area contributed by atoms with Crippen LogP contribution in [0.5, 0.6) is 0 Å². The van der Waals surface area contributed by atoms with E-state index in [1.54, 1.807) is 0 Å². The normalized spacial score (nSPS) is 13.5. The molecule has 0 aliphatic rings. The van der Waals surface area contributed by atoms with Gasteiger partial charge in [0, 0.05) is 31.6 Å². The predicted molar refractivity (Wildman–Crippen MR) is 73.1 cm³/mol. The quantitative estimate of drug-likeness (QED) is 0.670.